The Morgan fingerprint density at radius 3 is 2.30 bits per heavy atom. The van der Waals surface area contributed by atoms with Crippen LogP contribution in [0.1, 0.15) is 6.92 Å². The van der Waals surface area contributed by atoms with E-state index in [1.165, 1.54) is 26.4 Å². The van der Waals surface area contributed by atoms with Crippen molar-refractivity contribution in [1.82, 2.24) is 10.0 Å². The number of likely N-dealkylation sites (N-methyl/N-ethyl adjacent to an activating group) is 1. The number of nitrogens with one attached hydrogen (secondary N) is 2. The van der Waals surface area contributed by atoms with Crippen molar-refractivity contribution in [2.75, 3.05) is 27.8 Å². The number of hydrogen-bond donors (Lipinski definition) is 2. The minimum Gasteiger partial charge on any atom is -0.493 e. The highest BCUT2D eigenvalue weighted by Crippen LogP contribution is 2.35. The van der Waals surface area contributed by atoms with Crippen LogP contribution >= 0.6 is 11.6 Å². The van der Waals surface area contributed by atoms with E-state index in [0.717, 1.165) is 0 Å². The van der Waals surface area contributed by atoms with Gasteiger partial charge in [-0.3, -0.25) is 0 Å². The highest BCUT2D eigenvalue weighted by atomic mass is 35.5. The van der Waals surface area contributed by atoms with E-state index >= 15 is 0 Å². The Balaban J connectivity index is 3.12. The van der Waals surface area contributed by atoms with Gasteiger partial charge in [0.05, 0.1) is 19.2 Å². The van der Waals surface area contributed by atoms with E-state index < -0.39 is 10.0 Å². The molecule has 2 N–H and O–H groups in total. The van der Waals surface area contributed by atoms with Crippen LogP contribution in [0, 0.1) is 0 Å². The average Bonchev–Trinajstić information content (AvgIpc) is 2.44. The van der Waals surface area contributed by atoms with Crippen molar-refractivity contribution < 1.29 is 17.9 Å². The normalized spacial score (nSPS) is 13.1. The number of ether oxygens (including phenoxy) is 2. The van der Waals surface area contributed by atoms with Crippen molar-refractivity contribution in [3.05, 3.63) is 17.2 Å². The summed E-state index contributed by atoms with van der Waals surface area (Å²) in [5.41, 5.74) is 0. The maximum atomic E-state index is 12.2. The number of rotatable bonds is 7. The molecule has 0 heterocycles. The number of methoxy groups -OCH3 is 2. The fourth-order valence-corrected chi connectivity index (χ4v) is 3.12. The molecule has 6 nitrogen and oxygen atoms in total. The molecule has 0 fully saturated rings. The minimum atomic E-state index is -3.71. The summed E-state index contributed by atoms with van der Waals surface area (Å²) in [6.07, 6.45) is 0. The number of halogens is 1. The third kappa shape index (κ3) is 3.99. The summed E-state index contributed by atoms with van der Waals surface area (Å²) in [4.78, 5) is -0.0416. The maximum absolute atomic E-state index is 12.2. The van der Waals surface area contributed by atoms with Gasteiger partial charge in [-0.15, -0.1) is 0 Å². The molecule has 0 aliphatic heterocycles. The van der Waals surface area contributed by atoms with Gasteiger partial charge >= 0.3 is 0 Å². The van der Waals surface area contributed by atoms with Gasteiger partial charge in [-0.25, -0.2) is 13.1 Å². The van der Waals surface area contributed by atoms with Crippen molar-refractivity contribution in [1.29, 1.82) is 0 Å². The van der Waals surface area contributed by atoms with E-state index in [-0.39, 0.29) is 22.5 Å². The summed E-state index contributed by atoms with van der Waals surface area (Å²) >= 11 is 6.00. The molecule has 0 bridgehead atoms. The first-order chi connectivity index (χ1) is 9.35. The number of benzene rings is 1. The molecule has 0 saturated carbocycles. The third-order valence-electron chi connectivity index (χ3n) is 2.80. The highest BCUT2D eigenvalue weighted by Gasteiger charge is 2.21. The zero-order valence-corrected chi connectivity index (χ0v) is 13.4. The zero-order chi connectivity index (χ0) is 15.3. The van der Waals surface area contributed by atoms with Crippen LogP contribution in [0.5, 0.6) is 11.5 Å². The van der Waals surface area contributed by atoms with Gasteiger partial charge in [-0.05, 0) is 14.0 Å². The Morgan fingerprint density at radius 2 is 1.80 bits per heavy atom. The highest BCUT2D eigenvalue weighted by molar-refractivity contribution is 7.89. The zero-order valence-electron chi connectivity index (χ0n) is 11.9. The van der Waals surface area contributed by atoms with Crippen LogP contribution in [0.15, 0.2) is 17.0 Å². The lowest BCUT2D eigenvalue weighted by Crippen LogP contribution is -2.37. The van der Waals surface area contributed by atoms with Gasteiger partial charge in [0.1, 0.15) is 4.90 Å². The number of hydrogen-bond acceptors (Lipinski definition) is 5. The Bertz CT molecular complexity index is 563. The van der Waals surface area contributed by atoms with E-state index in [1.807, 2.05) is 6.92 Å². The van der Waals surface area contributed by atoms with Gasteiger partial charge in [0.2, 0.25) is 10.0 Å². The standard InChI is InChI=1S/C12H19ClN2O4S/c1-8(14-2)7-15-20(16,17)12-6-11(19-4)10(18-3)5-9(12)13/h5-6,8,14-15H,7H2,1-4H3. The predicted octanol–water partition coefficient (Wildman–Crippen LogP) is 1.24. The van der Waals surface area contributed by atoms with E-state index in [1.54, 1.807) is 7.05 Å². The van der Waals surface area contributed by atoms with Crippen LogP contribution in [-0.4, -0.2) is 42.3 Å². The lowest BCUT2D eigenvalue weighted by Gasteiger charge is -2.14. The molecule has 20 heavy (non-hydrogen) atoms. The van der Waals surface area contributed by atoms with Crippen LogP contribution in [0.3, 0.4) is 0 Å². The van der Waals surface area contributed by atoms with Crippen LogP contribution in [0.4, 0.5) is 0 Å². The topological polar surface area (TPSA) is 76.7 Å². The molecule has 0 aliphatic carbocycles. The first-order valence-corrected chi connectivity index (χ1v) is 7.80. The van der Waals surface area contributed by atoms with Crippen LogP contribution in [0.2, 0.25) is 5.02 Å². The molecule has 1 rings (SSSR count). The summed E-state index contributed by atoms with van der Waals surface area (Å²) in [5.74, 6) is 0.680. The van der Waals surface area contributed by atoms with Crippen molar-refractivity contribution in [3.8, 4) is 11.5 Å². The van der Waals surface area contributed by atoms with E-state index in [0.29, 0.717) is 11.5 Å². The average molecular weight is 323 g/mol. The molecule has 0 aliphatic rings. The van der Waals surface area contributed by atoms with Crippen molar-refractivity contribution in [2.45, 2.75) is 17.9 Å². The molecular weight excluding hydrogens is 304 g/mol. The fraction of sp³-hybridized carbons (Fsp3) is 0.500. The largest absolute Gasteiger partial charge is 0.493 e. The quantitative estimate of drug-likeness (QED) is 0.790. The second-order valence-corrected chi connectivity index (χ2v) is 6.32. The Labute approximate surface area is 124 Å². The molecule has 0 aromatic heterocycles. The second kappa shape index (κ2) is 7.12. The van der Waals surface area contributed by atoms with Gasteiger partial charge in [-0.2, -0.15) is 0 Å². The van der Waals surface area contributed by atoms with E-state index in [4.69, 9.17) is 21.1 Å². The molecule has 114 valence electrons. The summed E-state index contributed by atoms with van der Waals surface area (Å²) in [6, 6.07) is 2.76. The summed E-state index contributed by atoms with van der Waals surface area (Å²) in [6.45, 7) is 2.11. The minimum absolute atomic E-state index is 0.00342. The molecule has 1 aromatic carbocycles. The third-order valence-corrected chi connectivity index (χ3v) is 4.69. The molecule has 0 radical (unpaired) electrons. The number of sulfonamides is 1. The second-order valence-electron chi connectivity index (χ2n) is 4.18. The van der Waals surface area contributed by atoms with E-state index in [9.17, 15) is 8.42 Å². The first-order valence-electron chi connectivity index (χ1n) is 5.94. The summed E-state index contributed by atoms with van der Waals surface area (Å²) in [7, 11) is 0.924. The molecule has 0 spiro atoms. The molecule has 1 aromatic rings. The Hall–Kier alpha value is -1.02. The summed E-state index contributed by atoms with van der Waals surface area (Å²) in [5, 5.41) is 3.02. The molecule has 8 heteroatoms. The van der Waals surface area contributed by atoms with Gasteiger partial charge in [0, 0.05) is 24.7 Å². The molecule has 1 atom stereocenters. The van der Waals surface area contributed by atoms with Gasteiger partial charge < -0.3 is 14.8 Å². The van der Waals surface area contributed by atoms with Crippen molar-refractivity contribution in [3.63, 3.8) is 0 Å². The maximum Gasteiger partial charge on any atom is 0.242 e. The van der Waals surface area contributed by atoms with Crippen molar-refractivity contribution >= 4 is 21.6 Å². The smallest absolute Gasteiger partial charge is 0.242 e. The lowest BCUT2D eigenvalue weighted by molar-refractivity contribution is 0.354. The monoisotopic (exact) mass is 322 g/mol. The van der Waals surface area contributed by atoms with E-state index in [2.05, 4.69) is 10.0 Å². The molecular formula is C12H19ClN2O4S. The van der Waals surface area contributed by atoms with Crippen LogP contribution in [0.25, 0.3) is 0 Å². The lowest BCUT2D eigenvalue weighted by atomic mass is 10.3. The molecule has 1 unspecified atom stereocenters. The van der Waals surface area contributed by atoms with Gasteiger partial charge in [-0.1, -0.05) is 11.6 Å². The molecule has 0 amide bonds. The van der Waals surface area contributed by atoms with Crippen LogP contribution < -0.4 is 19.5 Å². The first kappa shape index (κ1) is 17.0. The van der Waals surface area contributed by atoms with Gasteiger partial charge in [0.25, 0.3) is 0 Å². The summed E-state index contributed by atoms with van der Waals surface area (Å²) < 4.78 is 37.1. The molecule has 0 saturated heterocycles. The fourth-order valence-electron chi connectivity index (χ4n) is 1.46. The Morgan fingerprint density at radius 1 is 1.25 bits per heavy atom. The Kier molecular flexibility index (Phi) is 6.07. The predicted molar refractivity (Wildman–Crippen MR) is 78.3 cm³/mol. The SMILES string of the molecule is CNC(C)CNS(=O)(=O)c1cc(OC)c(OC)cc1Cl. The van der Waals surface area contributed by atoms with Gasteiger partial charge in [0.15, 0.2) is 11.5 Å². The van der Waals surface area contributed by atoms with Crippen LogP contribution in [-0.2, 0) is 10.0 Å². The van der Waals surface area contributed by atoms with Crippen molar-refractivity contribution in [2.24, 2.45) is 0 Å².